The monoisotopic (exact) mass is 504 g/mol. The van der Waals surface area contributed by atoms with Gasteiger partial charge < -0.3 is 10.1 Å². The van der Waals surface area contributed by atoms with Gasteiger partial charge >= 0.3 is 0 Å². The van der Waals surface area contributed by atoms with Crippen LogP contribution in [0, 0.1) is 17.7 Å². The molecule has 0 saturated heterocycles. The van der Waals surface area contributed by atoms with Gasteiger partial charge in [-0.25, -0.2) is 0 Å². The summed E-state index contributed by atoms with van der Waals surface area (Å²) in [5.74, 6) is -1.28. The van der Waals surface area contributed by atoms with Gasteiger partial charge in [0.25, 0.3) is 0 Å². The van der Waals surface area contributed by atoms with Gasteiger partial charge in [0, 0.05) is 44.1 Å². The van der Waals surface area contributed by atoms with Crippen LogP contribution in [0.2, 0.25) is 0 Å². The van der Waals surface area contributed by atoms with Crippen molar-refractivity contribution in [1.29, 1.82) is 0 Å². The summed E-state index contributed by atoms with van der Waals surface area (Å²) in [6.45, 7) is 3.32. The molecule has 1 radical (unpaired) electrons. The number of hydrogen-bond acceptors (Lipinski definition) is 3. The molecule has 0 fully saturated rings. The Labute approximate surface area is 152 Å². The van der Waals surface area contributed by atoms with Gasteiger partial charge in [-0.1, -0.05) is 36.4 Å². The quantitative estimate of drug-likeness (QED) is 0.416. The normalized spacial score (nSPS) is 9.25. The van der Waals surface area contributed by atoms with Crippen molar-refractivity contribution in [1.82, 2.24) is 9.97 Å². The molecule has 3 rings (SSSR count). The topological polar surface area (TPSA) is 46.0 Å². The zero-order valence-electron chi connectivity index (χ0n) is 12.4. The minimum atomic E-state index is -0.649. The van der Waals surface area contributed by atoms with Crippen LogP contribution < -0.4 is 0 Å². The van der Waals surface area contributed by atoms with E-state index in [1.54, 1.807) is 48.8 Å². The van der Waals surface area contributed by atoms with Crippen molar-refractivity contribution in [2.75, 3.05) is 0 Å². The Kier molecular flexibility index (Phi) is 7.89. The fourth-order valence-electron chi connectivity index (χ4n) is 1.69. The fourth-order valence-corrected chi connectivity index (χ4v) is 1.69. The maximum absolute atomic E-state index is 13.2. The molecule has 0 aliphatic carbocycles. The second kappa shape index (κ2) is 9.65. The van der Waals surface area contributed by atoms with E-state index in [0.717, 1.165) is 12.1 Å². The van der Waals surface area contributed by atoms with E-state index >= 15 is 0 Å². The average Bonchev–Trinajstić information content (AvgIpc) is 2.57. The molecule has 3 aromatic rings. The first-order valence-corrected chi connectivity index (χ1v) is 6.65. The minimum Gasteiger partial charge on any atom is -0.506 e. The van der Waals surface area contributed by atoms with E-state index in [0.29, 0.717) is 11.4 Å². The standard InChI is InChI=1S/C11H6F2N.C7H7NO.Ir/c12-8-4-5-9(10(13)7-8)11-3-1-2-6-14-11;1-6(9)7-4-2-3-5-8-7;/h1-4,6-7H;2-5,9H,1H2;/q-1;;. The second-order valence-corrected chi connectivity index (χ2v) is 4.42. The molecule has 2 heterocycles. The summed E-state index contributed by atoms with van der Waals surface area (Å²) in [4.78, 5) is 7.77. The zero-order valence-corrected chi connectivity index (χ0v) is 14.8. The van der Waals surface area contributed by atoms with E-state index in [9.17, 15) is 8.78 Å². The zero-order chi connectivity index (χ0) is 16.7. The van der Waals surface area contributed by atoms with E-state index in [1.807, 2.05) is 0 Å². The number of rotatable bonds is 2. The molecule has 125 valence electrons. The van der Waals surface area contributed by atoms with Crippen molar-refractivity contribution in [2.45, 2.75) is 0 Å². The summed E-state index contributed by atoms with van der Waals surface area (Å²) >= 11 is 0. The number of hydrogen-bond donors (Lipinski definition) is 1. The number of aliphatic hydroxyl groups excluding tert-OH is 1. The van der Waals surface area contributed by atoms with Crippen molar-refractivity contribution >= 4 is 5.76 Å². The molecule has 0 spiro atoms. The van der Waals surface area contributed by atoms with Gasteiger partial charge in [-0.15, -0.1) is 12.1 Å². The number of halogens is 2. The van der Waals surface area contributed by atoms with Crippen LogP contribution in [0.3, 0.4) is 0 Å². The summed E-state index contributed by atoms with van der Waals surface area (Å²) in [5.41, 5.74) is 1.16. The molecule has 0 amide bonds. The SMILES string of the molecule is C=C(O)c1ccccn1.Fc1c[c-]c(-c2ccccn2)c(F)c1.[Ir]. The Balaban J connectivity index is 0.000000252. The Morgan fingerprint density at radius 3 is 2.17 bits per heavy atom. The third-order valence-electron chi connectivity index (χ3n) is 2.74. The number of benzene rings is 1. The van der Waals surface area contributed by atoms with Crippen molar-refractivity contribution in [3.05, 3.63) is 90.9 Å². The first-order chi connectivity index (χ1) is 11.1. The summed E-state index contributed by atoms with van der Waals surface area (Å²) in [6, 6.07) is 14.8. The van der Waals surface area contributed by atoms with Gasteiger partial charge in [-0.3, -0.25) is 13.8 Å². The van der Waals surface area contributed by atoms with Crippen LogP contribution in [-0.2, 0) is 20.1 Å². The van der Waals surface area contributed by atoms with Crippen molar-refractivity contribution < 1.29 is 34.0 Å². The molecular weight excluding hydrogens is 490 g/mol. The second-order valence-electron chi connectivity index (χ2n) is 4.42. The van der Waals surface area contributed by atoms with Crippen LogP contribution in [0.25, 0.3) is 17.0 Å². The van der Waals surface area contributed by atoms with Crippen molar-refractivity contribution in [3.8, 4) is 11.3 Å². The molecule has 6 heteroatoms. The smallest absolute Gasteiger partial charge is 0.134 e. The van der Waals surface area contributed by atoms with Crippen molar-refractivity contribution in [3.63, 3.8) is 0 Å². The first-order valence-electron chi connectivity index (χ1n) is 6.65. The molecule has 1 aromatic carbocycles. The third kappa shape index (κ3) is 5.65. The van der Waals surface area contributed by atoms with E-state index < -0.39 is 11.6 Å². The average molecular weight is 504 g/mol. The van der Waals surface area contributed by atoms with Crippen LogP contribution >= 0.6 is 0 Å². The molecular formula is C18H13F2IrN2O-. The molecule has 0 aliphatic rings. The molecule has 2 aromatic heterocycles. The van der Waals surface area contributed by atoms with Gasteiger partial charge in [-0.2, -0.15) is 0 Å². The number of aliphatic hydroxyl groups is 1. The van der Waals surface area contributed by atoms with E-state index in [4.69, 9.17) is 5.11 Å². The van der Waals surface area contributed by atoms with E-state index in [2.05, 4.69) is 22.6 Å². The summed E-state index contributed by atoms with van der Waals surface area (Å²) < 4.78 is 25.8. The third-order valence-corrected chi connectivity index (χ3v) is 2.74. The van der Waals surface area contributed by atoms with Crippen LogP contribution in [0.15, 0.2) is 67.5 Å². The Morgan fingerprint density at radius 1 is 1.04 bits per heavy atom. The largest absolute Gasteiger partial charge is 0.506 e. The van der Waals surface area contributed by atoms with Gasteiger partial charge in [0.15, 0.2) is 0 Å². The minimum absolute atomic E-state index is 0. The van der Waals surface area contributed by atoms with Gasteiger partial charge in [0.1, 0.15) is 11.5 Å². The molecule has 0 aliphatic heterocycles. The van der Waals surface area contributed by atoms with Gasteiger partial charge in [-0.05, 0) is 23.9 Å². The summed E-state index contributed by atoms with van der Waals surface area (Å²) in [7, 11) is 0. The van der Waals surface area contributed by atoms with E-state index in [1.165, 1.54) is 0 Å². The number of nitrogens with zero attached hydrogens (tertiary/aromatic N) is 2. The Hall–Kier alpha value is -2.43. The van der Waals surface area contributed by atoms with E-state index in [-0.39, 0.29) is 31.4 Å². The molecule has 0 unspecified atom stereocenters. The summed E-state index contributed by atoms with van der Waals surface area (Å²) in [6.07, 6.45) is 3.16. The first kappa shape index (κ1) is 19.6. The van der Waals surface area contributed by atoms with Crippen LogP contribution in [-0.4, -0.2) is 15.1 Å². The van der Waals surface area contributed by atoms with Crippen molar-refractivity contribution in [2.24, 2.45) is 0 Å². The Bertz CT molecular complexity index is 784. The van der Waals surface area contributed by atoms with Gasteiger partial charge in [0.05, 0.1) is 0 Å². The molecule has 0 atom stereocenters. The predicted octanol–water partition coefficient (Wildman–Crippen LogP) is 4.43. The fraction of sp³-hybridized carbons (Fsp3) is 0. The molecule has 24 heavy (non-hydrogen) atoms. The maximum atomic E-state index is 13.2. The van der Waals surface area contributed by atoms with Crippen LogP contribution in [0.5, 0.6) is 0 Å². The molecule has 3 nitrogen and oxygen atoms in total. The van der Waals surface area contributed by atoms with Crippen LogP contribution in [0.4, 0.5) is 8.78 Å². The van der Waals surface area contributed by atoms with Crippen LogP contribution in [0.1, 0.15) is 5.69 Å². The molecule has 0 saturated carbocycles. The van der Waals surface area contributed by atoms with Gasteiger partial charge in [0.2, 0.25) is 0 Å². The maximum Gasteiger partial charge on any atom is 0.134 e. The molecule has 1 N–H and O–H groups in total. The molecule has 0 bridgehead atoms. The Morgan fingerprint density at radius 2 is 1.71 bits per heavy atom. The summed E-state index contributed by atoms with van der Waals surface area (Å²) in [5, 5.41) is 8.77. The number of aromatic nitrogens is 2. The number of pyridine rings is 2. The predicted molar refractivity (Wildman–Crippen MR) is 84.3 cm³/mol.